The lowest BCUT2D eigenvalue weighted by Gasteiger charge is -2.02. The van der Waals surface area contributed by atoms with Gasteiger partial charge in [-0.25, -0.2) is 8.42 Å². The molecule has 1 aromatic heterocycles. The van der Waals surface area contributed by atoms with Gasteiger partial charge < -0.3 is 5.73 Å². The van der Waals surface area contributed by atoms with Crippen LogP contribution in [0.1, 0.15) is 19.4 Å². The molecule has 0 atom stereocenters. The predicted molar refractivity (Wildman–Crippen MR) is 85.8 cm³/mol. The topological polar surface area (TPSA) is 78.0 Å². The number of nitrogen functional groups attached to an aromatic ring is 1. The third-order valence-electron chi connectivity index (χ3n) is 3.50. The minimum Gasteiger partial charge on any atom is -0.396 e. The molecule has 0 radical (unpaired) electrons. The first kappa shape index (κ1) is 15.6. The van der Waals surface area contributed by atoms with Gasteiger partial charge in [0.2, 0.25) is 0 Å². The van der Waals surface area contributed by atoms with Crippen LogP contribution < -0.4 is 5.73 Å². The highest BCUT2D eigenvalue weighted by molar-refractivity contribution is 7.91. The van der Waals surface area contributed by atoms with Gasteiger partial charge in [0.25, 0.3) is 0 Å². The lowest BCUT2D eigenvalue weighted by Crippen LogP contribution is -2.14. The van der Waals surface area contributed by atoms with Gasteiger partial charge in [-0.1, -0.05) is 38.1 Å². The van der Waals surface area contributed by atoms with Crippen molar-refractivity contribution in [3.63, 3.8) is 0 Å². The smallest absolute Gasteiger partial charge is 0.151 e. The first-order valence-electron chi connectivity index (χ1n) is 7.08. The zero-order valence-corrected chi connectivity index (χ0v) is 13.2. The summed E-state index contributed by atoms with van der Waals surface area (Å²) in [5, 5.41) is 4.40. The molecule has 0 spiro atoms. The van der Waals surface area contributed by atoms with Gasteiger partial charge in [0.05, 0.1) is 18.0 Å². The molecular formula is C15H21N3O2S. The van der Waals surface area contributed by atoms with Crippen LogP contribution in [-0.4, -0.2) is 29.7 Å². The molecule has 0 bridgehead atoms. The molecule has 0 unspecified atom stereocenters. The molecule has 6 heteroatoms. The highest BCUT2D eigenvalue weighted by Gasteiger charge is 2.11. The molecule has 1 heterocycles. The van der Waals surface area contributed by atoms with Crippen molar-refractivity contribution in [1.29, 1.82) is 0 Å². The lowest BCUT2D eigenvalue weighted by molar-refractivity contribution is 0.582. The molecule has 0 saturated carbocycles. The van der Waals surface area contributed by atoms with Gasteiger partial charge in [-0.3, -0.25) is 4.68 Å². The van der Waals surface area contributed by atoms with Crippen molar-refractivity contribution in [2.24, 2.45) is 0 Å². The summed E-state index contributed by atoms with van der Waals surface area (Å²) in [5.74, 6) is 0.230. The fraction of sp³-hybridized carbons (Fsp3) is 0.400. The van der Waals surface area contributed by atoms with Crippen LogP contribution in [-0.2, 0) is 22.8 Å². The number of sulfone groups is 1. The minimum atomic E-state index is -3.00. The van der Waals surface area contributed by atoms with Crippen molar-refractivity contribution in [3.8, 4) is 11.3 Å². The quantitative estimate of drug-likeness (QED) is 0.887. The monoisotopic (exact) mass is 307 g/mol. The molecular weight excluding hydrogens is 286 g/mol. The van der Waals surface area contributed by atoms with Crippen molar-refractivity contribution < 1.29 is 8.42 Å². The van der Waals surface area contributed by atoms with Gasteiger partial charge in [0.15, 0.2) is 9.84 Å². The number of aryl methyl sites for hydroxylation is 2. The van der Waals surface area contributed by atoms with E-state index < -0.39 is 9.84 Å². The van der Waals surface area contributed by atoms with Gasteiger partial charge >= 0.3 is 0 Å². The normalized spacial score (nSPS) is 11.7. The Morgan fingerprint density at radius 3 is 2.43 bits per heavy atom. The Hall–Kier alpha value is -1.82. The number of nitrogens with two attached hydrogens (primary N) is 1. The number of hydrogen-bond donors (Lipinski definition) is 1. The second-order valence-electron chi connectivity index (χ2n) is 4.98. The van der Waals surface area contributed by atoms with Crippen LogP contribution in [0, 0.1) is 0 Å². The van der Waals surface area contributed by atoms with E-state index in [0.29, 0.717) is 17.9 Å². The van der Waals surface area contributed by atoms with Gasteiger partial charge in [-0.05, 0) is 12.0 Å². The van der Waals surface area contributed by atoms with Gasteiger partial charge in [-0.15, -0.1) is 0 Å². The summed E-state index contributed by atoms with van der Waals surface area (Å²) in [6, 6.07) is 8.08. The number of benzene rings is 1. The Labute approximate surface area is 125 Å². The van der Waals surface area contributed by atoms with E-state index in [9.17, 15) is 8.42 Å². The van der Waals surface area contributed by atoms with Gasteiger partial charge in [0.1, 0.15) is 5.69 Å². The van der Waals surface area contributed by atoms with E-state index in [1.54, 1.807) is 17.8 Å². The SMILES string of the molecule is CCc1ccc(-c2nn(CCS(=O)(=O)CC)cc2N)cc1. The van der Waals surface area contributed by atoms with E-state index in [2.05, 4.69) is 24.2 Å². The second-order valence-corrected chi connectivity index (χ2v) is 7.46. The van der Waals surface area contributed by atoms with Crippen LogP contribution in [0.4, 0.5) is 5.69 Å². The van der Waals surface area contributed by atoms with Crippen LogP contribution in [0.3, 0.4) is 0 Å². The Balaban J connectivity index is 2.18. The summed E-state index contributed by atoms with van der Waals surface area (Å²) in [7, 11) is -3.00. The van der Waals surface area contributed by atoms with E-state index in [4.69, 9.17) is 5.73 Å². The fourth-order valence-corrected chi connectivity index (χ4v) is 2.80. The third-order valence-corrected chi connectivity index (χ3v) is 5.18. The van der Waals surface area contributed by atoms with Crippen LogP contribution >= 0.6 is 0 Å². The maximum atomic E-state index is 11.5. The van der Waals surface area contributed by atoms with Crippen molar-refractivity contribution in [2.75, 3.05) is 17.2 Å². The standard InChI is InChI=1S/C15H21N3O2S/c1-3-12-5-7-13(8-6-12)15-14(16)11-18(17-15)9-10-21(19,20)4-2/h5-8,11H,3-4,9-10,16H2,1-2H3. The summed E-state index contributed by atoms with van der Waals surface area (Å²) < 4.78 is 24.7. The van der Waals surface area contributed by atoms with E-state index in [-0.39, 0.29) is 11.5 Å². The Kier molecular flexibility index (Phi) is 4.67. The molecule has 0 aliphatic rings. The molecule has 0 fully saturated rings. The molecule has 0 aliphatic carbocycles. The van der Waals surface area contributed by atoms with E-state index in [1.165, 1.54) is 5.56 Å². The number of anilines is 1. The molecule has 0 aliphatic heterocycles. The number of rotatable bonds is 6. The molecule has 2 aromatic rings. The van der Waals surface area contributed by atoms with Crippen LogP contribution in [0.15, 0.2) is 30.5 Å². The largest absolute Gasteiger partial charge is 0.396 e. The maximum Gasteiger partial charge on any atom is 0.151 e. The molecule has 2 N–H and O–H groups in total. The second kappa shape index (κ2) is 6.30. The molecule has 21 heavy (non-hydrogen) atoms. The zero-order valence-electron chi connectivity index (χ0n) is 12.4. The average molecular weight is 307 g/mol. The highest BCUT2D eigenvalue weighted by atomic mass is 32.2. The van der Waals surface area contributed by atoms with E-state index in [1.807, 2.05) is 12.1 Å². The van der Waals surface area contributed by atoms with E-state index >= 15 is 0 Å². The summed E-state index contributed by atoms with van der Waals surface area (Å²) in [6.45, 7) is 4.08. The Bertz CT molecular complexity index is 703. The predicted octanol–water partition coefficient (Wildman–Crippen LogP) is 2.13. The molecule has 2 rings (SSSR count). The van der Waals surface area contributed by atoms with E-state index in [0.717, 1.165) is 12.0 Å². The van der Waals surface area contributed by atoms with Crippen LogP contribution in [0.25, 0.3) is 11.3 Å². The van der Waals surface area contributed by atoms with Crippen LogP contribution in [0.2, 0.25) is 0 Å². The number of nitrogens with zero attached hydrogens (tertiary/aromatic N) is 2. The fourth-order valence-electron chi connectivity index (χ4n) is 2.05. The molecule has 5 nitrogen and oxygen atoms in total. The highest BCUT2D eigenvalue weighted by Crippen LogP contribution is 2.24. The van der Waals surface area contributed by atoms with Crippen LogP contribution in [0.5, 0.6) is 0 Å². The number of hydrogen-bond acceptors (Lipinski definition) is 4. The van der Waals surface area contributed by atoms with Crippen molar-refractivity contribution in [1.82, 2.24) is 9.78 Å². The van der Waals surface area contributed by atoms with Crippen molar-refractivity contribution >= 4 is 15.5 Å². The Morgan fingerprint density at radius 1 is 1.19 bits per heavy atom. The summed E-state index contributed by atoms with van der Waals surface area (Å²) in [4.78, 5) is 0. The maximum absolute atomic E-state index is 11.5. The molecule has 0 saturated heterocycles. The Morgan fingerprint density at radius 2 is 1.86 bits per heavy atom. The third kappa shape index (κ3) is 3.85. The summed E-state index contributed by atoms with van der Waals surface area (Å²) in [5.41, 5.74) is 9.45. The minimum absolute atomic E-state index is 0.0822. The van der Waals surface area contributed by atoms with Crippen molar-refractivity contribution in [3.05, 3.63) is 36.0 Å². The number of aromatic nitrogens is 2. The first-order chi connectivity index (χ1) is 9.95. The van der Waals surface area contributed by atoms with Crippen molar-refractivity contribution in [2.45, 2.75) is 26.8 Å². The van der Waals surface area contributed by atoms with Gasteiger partial charge in [-0.2, -0.15) is 5.10 Å². The molecule has 114 valence electrons. The van der Waals surface area contributed by atoms with Gasteiger partial charge in [0, 0.05) is 17.5 Å². The summed E-state index contributed by atoms with van der Waals surface area (Å²) >= 11 is 0. The zero-order chi connectivity index (χ0) is 15.5. The molecule has 1 aromatic carbocycles. The average Bonchev–Trinajstić information content (AvgIpc) is 2.86. The first-order valence-corrected chi connectivity index (χ1v) is 8.90. The summed E-state index contributed by atoms with van der Waals surface area (Å²) in [6.07, 6.45) is 2.67. The lowest BCUT2D eigenvalue weighted by atomic mass is 10.1. The molecule has 0 amide bonds.